The van der Waals surface area contributed by atoms with Crippen molar-refractivity contribution in [1.82, 2.24) is 4.90 Å². The summed E-state index contributed by atoms with van der Waals surface area (Å²) in [5, 5.41) is 0. The zero-order valence-electron chi connectivity index (χ0n) is 12.7. The molecule has 1 aliphatic heterocycles. The van der Waals surface area contributed by atoms with Gasteiger partial charge in [-0.3, -0.25) is 4.90 Å². The first-order valence-corrected chi connectivity index (χ1v) is 8.60. The molecule has 3 rings (SSSR count). The average molecular weight is 334 g/mol. The number of piperazine rings is 1. The zero-order chi connectivity index (χ0) is 14.3. The van der Waals surface area contributed by atoms with Crippen LogP contribution in [0.3, 0.4) is 0 Å². The van der Waals surface area contributed by atoms with E-state index in [1.807, 2.05) is 11.8 Å². The van der Waals surface area contributed by atoms with Crippen LogP contribution in [0.4, 0.5) is 5.69 Å². The van der Waals surface area contributed by atoms with Crippen molar-refractivity contribution >= 4 is 17.4 Å². The number of halogens is 1. The molecule has 1 saturated heterocycles. The first-order valence-electron chi connectivity index (χ1n) is 7.62. The lowest BCUT2D eigenvalue weighted by Gasteiger charge is -2.36. The Balaban J connectivity index is 0.00000176. The summed E-state index contributed by atoms with van der Waals surface area (Å²) < 4.78 is 0. The zero-order valence-corrected chi connectivity index (χ0v) is 14.3. The maximum atomic E-state index is 2.58. The number of benzene rings is 2. The molecule has 0 atom stereocenters. The summed E-state index contributed by atoms with van der Waals surface area (Å²) in [4.78, 5) is 6.44. The van der Waals surface area contributed by atoms with Crippen molar-refractivity contribution in [1.29, 1.82) is 0 Å². The molecule has 0 aliphatic carbocycles. The molecule has 1 fully saturated rings. The molecule has 22 heavy (non-hydrogen) atoms. The molecule has 1 aliphatic rings. The molecule has 0 unspecified atom stereocenters. The summed E-state index contributed by atoms with van der Waals surface area (Å²) in [5.74, 6) is 1.18. The number of anilines is 1. The highest BCUT2D eigenvalue weighted by molar-refractivity contribution is 7.99. The highest BCUT2D eigenvalue weighted by Gasteiger charge is 2.16. The Hall–Kier alpha value is -1.16. The van der Waals surface area contributed by atoms with Crippen LogP contribution in [0, 0.1) is 0 Å². The molecule has 1 heterocycles. The minimum absolute atomic E-state index is 0. The van der Waals surface area contributed by atoms with Crippen molar-refractivity contribution in [2.45, 2.75) is 4.90 Å². The summed E-state index contributed by atoms with van der Waals surface area (Å²) in [5.41, 5.74) is 1.36. The average Bonchev–Trinajstić information content (AvgIpc) is 2.57. The van der Waals surface area contributed by atoms with Crippen LogP contribution in [0.25, 0.3) is 0 Å². The third kappa shape index (κ3) is 4.94. The summed E-state index contributed by atoms with van der Waals surface area (Å²) in [6, 6.07) is 21.4. The maximum Gasteiger partial charge on any atom is 0.0367 e. The van der Waals surface area contributed by atoms with Crippen LogP contribution in [-0.2, 0) is 0 Å². The Morgan fingerprint density at radius 2 is 1.36 bits per heavy atom. The van der Waals surface area contributed by atoms with Crippen LogP contribution in [0.5, 0.6) is 0 Å². The number of thioether (sulfide) groups is 1. The van der Waals surface area contributed by atoms with Gasteiger partial charge in [0, 0.05) is 49.1 Å². The van der Waals surface area contributed by atoms with Crippen LogP contribution < -0.4 is 17.3 Å². The molecule has 2 aromatic rings. The van der Waals surface area contributed by atoms with Crippen LogP contribution in [-0.4, -0.2) is 43.4 Å². The molecule has 118 valence electrons. The van der Waals surface area contributed by atoms with Crippen LogP contribution >= 0.6 is 11.8 Å². The molecule has 0 amide bonds. The molecule has 0 saturated carbocycles. The highest BCUT2D eigenvalue weighted by atomic mass is 35.5. The van der Waals surface area contributed by atoms with Crippen molar-refractivity contribution < 1.29 is 12.4 Å². The highest BCUT2D eigenvalue weighted by Crippen LogP contribution is 2.18. The number of rotatable bonds is 5. The predicted molar refractivity (Wildman–Crippen MR) is 92.3 cm³/mol. The predicted octanol–water partition coefficient (Wildman–Crippen LogP) is 0.605. The van der Waals surface area contributed by atoms with Crippen molar-refractivity contribution in [3.05, 3.63) is 60.7 Å². The van der Waals surface area contributed by atoms with Gasteiger partial charge in [0.25, 0.3) is 0 Å². The van der Waals surface area contributed by atoms with Gasteiger partial charge in [0.05, 0.1) is 0 Å². The number of nitrogens with zero attached hydrogens (tertiary/aromatic N) is 2. The van der Waals surface area contributed by atoms with E-state index in [1.165, 1.54) is 36.0 Å². The van der Waals surface area contributed by atoms with E-state index in [2.05, 4.69) is 70.5 Å². The molecule has 2 aromatic carbocycles. The molecule has 0 aromatic heterocycles. The van der Waals surface area contributed by atoms with Gasteiger partial charge >= 0.3 is 0 Å². The second kappa shape index (κ2) is 9.09. The molecule has 0 bridgehead atoms. The topological polar surface area (TPSA) is 6.48 Å². The van der Waals surface area contributed by atoms with Gasteiger partial charge in [0.2, 0.25) is 0 Å². The summed E-state index contributed by atoms with van der Waals surface area (Å²) in [7, 11) is 0. The molecule has 0 spiro atoms. The lowest BCUT2D eigenvalue weighted by Crippen LogP contribution is -3.00. The van der Waals surface area contributed by atoms with Crippen LogP contribution in [0.2, 0.25) is 0 Å². The minimum Gasteiger partial charge on any atom is -1.00 e. The molecule has 2 nitrogen and oxygen atoms in total. The second-order valence-electron chi connectivity index (χ2n) is 5.33. The van der Waals surface area contributed by atoms with E-state index in [0.29, 0.717) is 0 Å². The number of hydrogen-bond donors (Lipinski definition) is 0. The first kappa shape index (κ1) is 17.2. The molecule has 4 heteroatoms. The number of hydrogen-bond acceptors (Lipinski definition) is 3. The van der Waals surface area contributed by atoms with E-state index in [9.17, 15) is 0 Å². The van der Waals surface area contributed by atoms with Gasteiger partial charge in [-0.15, -0.1) is 11.8 Å². The van der Waals surface area contributed by atoms with Gasteiger partial charge in [-0.25, -0.2) is 0 Å². The monoisotopic (exact) mass is 333 g/mol. The van der Waals surface area contributed by atoms with E-state index < -0.39 is 0 Å². The molecular formula is C18H22ClN2S-. The molecule has 0 N–H and O–H groups in total. The molecular weight excluding hydrogens is 312 g/mol. The summed E-state index contributed by atoms with van der Waals surface area (Å²) in [6.45, 7) is 5.80. The van der Waals surface area contributed by atoms with E-state index in [1.54, 1.807) is 0 Å². The van der Waals surface area contributed by atoms with E-state index >= 15 is 0 Å². The molecule has 0 radical (unpaired) electrons. The van der Waals surface area contributed by atoms with Gasteiger partial charge in [-0.1, -0.05) is 36.4 Å². The Labute approximate surface area is 143 Å². The Morgan fingerprint density at radius 3 is 2.00 bits per heavy atom. The fraction of sp³-hybridized carbons (Fsp3) is 0.333. The van der Waals surface area contributed by atoms with Crippen molar-refractivity contribution in [2.75, 3.05) is 43.4 Å². The summed E-state index contributed by atoms with van der Waals surface area (Å²) in [6.07, 6.45) is 0. The largest absolute Gasteiger partial charge is 1.00 e. The van der Waals surface area contributed by atoms with Crippen molar-refractivity contribution in [2.24, 2.45) is 0 Å². The third-order valence-corrected chi connectivity index (χ3v) is 4.91. The Kier molecular flexibility index (Phi) is 7.10. The lowest BCUT2D eigenvalue weighted by atomic mass is 10.2. The van der Waals surface area contributed by atoms with E-state index in [0.717, 1.165) is 13.1 Å². The third-order valence-electron chi connectivity index (χ3n) is 3.91. The first-order chi connectivity index (χ1) is 10.4. The normalized spacial score (nSPS) is 15.4. The number of para-hydroxylation sites is 1. The Bertz CT molecular complexity index is 525. The van der Waals surface area contributed by atoms with Gasteiger partial charge in [-0.05, 0) is 24.3 Å². The Morgan fingerprint density at radius 1 is 0.773 bits per heavy atom. The van der Waals surface area contributed by atoms with Crippen molar-refractivity contribution in [3.8, 4) is 0 Å². The lowest BCUT2D eigenvalue weighted by molar-refractivity contribution is -0.00000413. The minimum atomic E-state index is 0. The summed E-state index contributed by atoms with van der Waals surface area (Å²) >= 11 is 1.96. The van der Waals surface area contributed by atoms with Gasteiger partial charge in [-0.2, -0.15) is 0 Å². The quantitative estimate of drug-likeness (QED) is 0.740. The van der Waals surface area contributed by atoms with Crippen LogP contribution in [0.15, 0.2) is 65.6 Å². The van der Waals surface area contributed by atoms with Crippen LogP contribution in [0.1, 0.15) is 0 Å². The van der Waals surface area contributed by atoms with E-state index in [4.69, 9.17) is 0 Å². The fourth-order valence-electron chi connectivity index (χ4n) is 2.68. The van der Waals surface area contributed by atoms with Gasteiger partial charge in [0.15, 0.2) is 0 Å². The fourth-order valence-corrected chi connectivity index (χ4v) is 3.61. The van der Waals surface area contributed by atoms with Gasteiger partial charge in [0.1, 0.15) is 0 Å². The van der Waals surface area contributed by atoms with E-state index in [-0.39, 0.29) is 12.4 Å². The SMILES string of the molecule is [Cl-].c1ccc(SCCN2CCN(c3ccccc3)CC2)cc1. The second-order valence-corrected chi connectivity index (χ2v) is 6.49. The van der Waals surface area contributed by atoms with Crippen molar-refractivity contribution in [3.63, 3.8) is 0 Å². The standard InChI is InChI=1S/C18H22N2S.ClH/c1-3-7-17(8-4-1)20-13-11-19(12-14-20)15-16-21-18-9-5-2-6-10-18;/h1-10H,11-16H2;1H/p-1. The van der Waals surface area contributed by atoms with Gasteiger partial charge < -0.3 is 17.3 Å². The smallest absolute Gasteiger partial charge is 0.0367 e. The maximum absolute atomic E-state index is 2.58.